The number of pyridine rings is 1. The van der Waals surface area contributed by atoms with Crippen LogP contribution in [0.4, 0.5) is 8.78 Å². The van der Waals surface area contributed by atoms with Crippen molar-refractivity contribution in [2.24, 2.45) is 0 Å². The number of amides is 1. The van der Waals surface area contributed by atoms with E-state index >= 15 is 0 Å². The second-order valence-electron chi connectivity index (χ2n) is 5.40. The van der Waals surface area contributed by atoms with Gasteiger partial charge in [0.2, 0.25) is 0 Å². The smallest absolute Gasteiger partial charge is 0.269 e. The molecule has 0 aliphatic heterocycles. The van der Waals surface area contributed by atoms with Gasteiger partial charge in [-0.3, -0.25) is 4.79 Å². The highest BCUT2D eigenvalue weighted by molar-refractivity contribution is 6.35. The molecule has 3 rings (SSSR count). The summed E-state index contributed by atoms with van der Waals surface area (Å²) in [6.07, 6.45) is -0.0645. The number of rotatable bonds is 4. The summed E-state index contributed by atoms with van der Waals surface area (Å²) >= 11 is 6.15. The van der Waals surface area contributed by atoms with Crippen molar-refractivity contribution in [1.82, 2.24) is 10.3 Å². The third kappa shape index (κ3) is 3.69. The first-order chi connectivity index (χ1) is 12.0. The summed E-state index contributed by atoms with van der Waals surface area (Å²) in [4.78, 5) is 16.4. The summed E-state index contributed by atoms with van der Waals surface area (Å²) in [7, 11) is 0. The molecule has 2 N–H and O–H groups in total. The van der Waals surface area contributed by atoms with Crippen LogP contribution in [0.15, 0.2) is 42.5 Å². The van der Waals surface area contributed by atoms with E-state index in [9.17, 15) is 13.6 Å². The lowest BCUT2D eigenvalue weighted by molar-refractivity contribution is 0.0949. The van der Waals surface area contributed by atoms with Gasteiger partial charge in [0, 0.05) is 29.6 Å². The van der Waals surface area contributed by atoms with Crippen molar-refractivity contribution in [3.63, 3.8) is 0 Å². The molecule has 128 valence electrons. The lowest BCUT2D eigenvalue weighted by atomic mass is 10.1. The normalized spacial score (nSPS) is 10.8. The molecule has 1 heterocycles. The average molecular weight is 363 g/mol. The van der Waals surface area contributed by atoms with Crippen molar-refractivity contribution in [3.8, 4) is 5.75 Å². The molecule has 3 aromatic rings. The zero-order valence-electron chi connectivity index (χ0n) is 12.9. The molecule has 1 aromatic heterocycles. The maximum absolute atomic E-state index is 13.6. The van der Waals surface area contributed by atoms with Crippen LogP contribution in [0.3, 0.4) is 0 Å². The van der Waals surface area contributed by atoms with E-state index in [4.69, 9.17) is 16.7 Å². The number of phenolic OH excluding ortho intramolecular Hbond substituents is 1. The van der Waals surface area contributed by atoms with Crippen LogP contribution in [0.1, 0.15) is 16.1 Å². The van der Waals surface area contributed by atoms with Crippen LogP contribution in [0.5, 0.6) is 5.75 Å². The largest absolute Gasteiger partial charge is 0.508 e. The van der Waals surface area contributed by atoms with Crippen LogP contribution in [-0.4, -0.2) is 22.5 Å². The van der Waals surface area contributed by atoms with E-state index in [0.717, 1.165) is 17.5 Å². The molecule has 0 saturated heterocycles. The van der Waals surface area contributed by atoms with Crippen molar-refractivity contribution in [2.75, 3.05) is 6.54 Å². The number of fused-ring (bicyclic) bond motifs is 1. The Kier molecular flexibility index (Phi) is 4.81. The zero-order chi connectivity index (χ0) is 18.0. The van der Waals surface area contributed by atoms with Gasteiger partial charge in [0.05, 0.1) is 10.5 Å². The third-order valence-corrected chi connectivity index (χ3v) is 4.00. The maximum Gasteiger partial charge on any atom is 0.269 e. The molecule has 0 unspecified atom stereocenters. The molecule has 0 aliphatic carbocycles. The Bertz CT molecular complexity index is 940. The number of phenols is 1. The van der Waals surface area contributed by atoms with Crippen molar-refractivity contribution in [3.05, 3.63) is 70.4 Å². The number of para-hydroxylation sites is 1. The van der Waals surface area contributed by atoms with E-state index in [1.807, 2.05) is 6.07 Å². The first kappa shape index (κ1) is 17.1. The fourth-order valence-corrected chi connectivity index (χ4v) is 2.73. The highest BCUT2D eigenvalue weighted by atomic mass is 35.5. The quantitative estimate of drug-likeness (QED) is 0.741. The van der Waals surface area contributed by atoms with Gasteiger partial charge in [0.1, 0.15) is 23.1 Å². The minimum absolute atomic E-state index is 0.00355. The first-order valence-corrected chi connectivity index (χ1v) is 7.84. The number of nitrogens with zero attached hydrogens (tertiary/aromatic N) is 1. The molecular weight excluding hydrogens is 350 g/mol. The summed E-state index contributed by atoms with van der Waals surface area (Å²) in [5.74, 6) is -2.71. The summed E-state index contributed by atoms with van der Waals surface area (Å²) < 4.78 is 27.3. The zero-order valence-corrected chi connectivity index (χ0v) is 13.6. The third-order valence-electron chi connectivity index (χ3n) is 3.68. The van der Waals surface area contributed by atoms with Gasteiger partial charge in [-0.1, -0.05) is 29.8 Å². The molecule has 0 spiro atoms. The van der Waals surface area contributed by atoms with Crippen molar-refractivity contribution < 1.29 is 18.7 Å². The minimum Gasteiger partial charge on any atom is -0.508 e. The number of hydrogen-bond donors (Lipinski definition) is 2. The summed E-state index contributed by atoms with van der Waals surface area (Å²) in [5, 5.41) is 12.8. The Hall–Kier alpha value is -2.73. The molecule has 0 radical (unpaired) electrons. The van der Waals surface area contributed by atoms with E-state index in [1.54, 1.807) is 18.2 Å². The number of benzene rings is 2. The van der Waals surface area contributed by atoms with Gasteiger partial charge in [-0.05, 0) is 18.6 Å². The van der Waals surface area contributed by atoms with Gasteiger partial charge in [-0.2, -0.15) is 0 Å². The molecule has 0 atom stereocenters. The molecule has 0 bridgehead atoms. The fraction of sp³-hybridized carbons (Fsp3) is 0.111. The molecule has 7 heteroatoms. The SMILES string of the molecule is O=C(NCCc1c(F)cc(O)cc1F)c1cc(Cl)c2ccccc2n1. The van der Waals surface area contributed by atoms with Gasteiger partial charge < -0.3 is 10.4 Å². The highest BCUT2D eigenvalue weighted by Gasteiger charge is 2.14. The number of aromatic nitrogens is 1. The Labute approximate surface area is 147 Å². The van der Waals surface area contributed by atoms with Crippen LogP contribution in [0.25, 0.3) is 10.9 Å². The van der Waals surface area contributed by atoms with Crippen LogP contribution >= 0.6 is 11.6 Å². The number of nitrogens with one attached hydrogen (secondary N) is 1. The molecule has 0 saturated carbocycles. The first-order valence-electron chi connectivity index (χ1n) is 7.46. The Morgan fingerprint density at radius 2 is 1.84 bits per heavy atom. The molecule has 2 aromatic carbocycles. The van der Waals surface area contributed by atoms with Crippen LogP contribution in [0, 0.1) is 11.6 Å². The number of halogens is 3. The number of hydrogen-bond acceptors (Lipinski definition) is 3. The number of aromatic hydroxyl groups is 1. The van der Waals surface area contributed by atoms with Crippen molar-refractivity contribution in [1.29, 1.82) is 0 Å². The predicted octanol–water partition coefficient (Wildman–Crippen LogP) is 3.84. The number of carbonyl (C=O) groups excluding carboxylic acids is 1. The van der Waals surface area contributed by atoms with Crippen LogP contribution in [0.2, 0.25) is 5.02 Å². The molecule has 0 aliphatic rings. The molecule has 1 amide bonds. The van der Waals surface area contributed by atoms with Gasteiger partial charge in [-0.15, -0.1) is 0 Å². The Balaban J connectivity index is 1.71. The van der Waals surface area contributed by atoms with Gasteiger partial charge in [0.15, 0.2) is 0 Å². The second kappa shape index (κ2) is 7.03. The Morgan fingerprint density at radius 1 is 1.16 bits per heavy atom. The van der Waals surface area contributed by atoms with Gasteiger partial charge in [0.25, 0.3) is 5.91 Å². The second-order valence-corrected chi connectivity index (χ2v) is 5.81. The van der Waals surface area contributed by atoms with E-state index < -0.39 is 23.3 Å². The van der Waals surface area contributed by atoms with E-state index in [0.29, 0.717) is 10.5 Å². The van der Waals surface area contributed by atoms with E-state index in [-0.39, 0.29) is 24.2 Å². The maximum atomic E-state index is 13.6. The number of carbonyl (C=O) groups is 1. The average Bonchev–Trinajstić information content (AvgIpc) is 2.57. The lowest BCUT2D eigenvalue weighted by Gasteiger charge is -2.08. The summed E-state index contributed by atoms with van der Waals surface area (Å²) in [6, 6.07) is 10.2. The molecule has 0 fully saturated rings. The predicted molar refractivity (Wildman–Crippen MR) is 90.8 cm³/mol. The highest BCUT2D eigenvalue weighted by Crippen LogP contribution is 2.23. The fourth-order valence-electron chi connectivity index (χ4n) is 2.47. The minimum atomic E-state index is -0.862. The van der Waals surface area contributed by atoms with E-state index in [2.05, 4.69) is 10.3 Å². The topological polar surface area (TPSA) is 62.2 Å². The monoisotopic (exact) mass is 362 g/mol. The standard InChI is InChI=1S/C18H13ClF2N2O2/c19-13-9-17(23-16-4-2-1-3-11(13)16)18(25)22-6-5-12-14(20)7-10(24)8-15(12)21/h1-4,7-9,24H,5-6H2,(H,22,25). The van der Waals surface area contributed by atoms with Crippen molar-refractivity contribution in [2.45, 2.75) is 6.42 Å². The molecule has 25 heavy (non-hydrogen) atoms. The summed E-state index contributed by atoms with van der Waals surface area (Å²) in [6.45, 7) is 0.00355. The van der Waals surface area contributed by atoms with Gasteiger partial charge in [-0.25, -0.2) is 13.8 Å². The van der Waals surface area contributed by atoms with Crippen LogP contribution < -0.4 is 5.32 Å². The van der Waals surface area contributed by atoms with E-state index in [1.165, 1.54) is 6.07 Å². The van der Waals surface area contributed by atoms with Gasteiger partial charge >= 0.3 is 0 Å². The molecular formula is C18H13ClF2N2O2. The summed E-state index contributed by atoms with van der Waals surface area (Å²) in [5.41, 5.74) is 0.494. The van der Waals surface area contributed by atoms with Crippen LogP contribution in [-0.2, 0) is 6.42 Å². The van der Waals surface area contributed by atoms with Crippen molar-refractivity contribution >= 4 is 28.4 Å². The molecule has 4 nitrogen and oxygen atoms in total. The Morgan fingerprint density at radius 3 is 2.56 bits per heavy atom. The lowest BCUT2D eigenvalue weighted by Crippen LogP contribution is -2.27.